The third kappa shape index (κ3) is 3.51. The predicted molar refractivity (Wildman–Crippen MR) is 101 cm³/mol. The molecule has 0 saturated carbocycles. The minimum Gasteiger partial charge on any atom is -0.493 e. The maximum Gasteiger partial charge on any atom is 0.410 e. The van der Waals surface area contributed by atoms with E-state index in [2.05, 4.69) is 13.8 Å². The van der Waals surface area contributed by atoms with E-state index in [0.29, 0.717) is 41.3 Å². The van der Waals surface area contributed by atoms with Crippen LogP contribution in [0.2, 0.25) is 4.34 Å². The SMILES string of the molecule is CCC(C)C1COC(=O)N1C1CCN(C(=O)c2csc(Cl)c2OC)CC1. The van der Waals surface area contributed by atoms with Crippen molar-refractivity contribution in [3.05, 3.63) is 15.3 Å². The lowest BCUT2D eigenvalue weighted by molar-refractivity contribution is 0.0613. The standard InChI is InChI=1S/C18H25ClN2O4S/c1-4-11(2)14-9-25-18(23)21(14)12-5-7-20(8-6-12)17(22)13-10-26-16(19)15(13)24-3/h10-12,14H,4-9H2,1-3H3. The van der Waals surface area contributed by atoms with Crippen molar-refractivity contribution in [3.8, 4) is 5.75 Å². The molecule has 2 amide bonds. The van der Waals surface area contributed by atoms with Gasteiger partial charge in [-0.1, -0.05) is 31.9 Å². The summed E-state index contributed by atoms with van der Waals surface area (Å²) in [6.07, 6.45) is 2.31. The van der Waals surface area contributed by atoms with Gasteiger partial charge in [0.25, 0.3) is 5.91 Å². The molecule has 0 aliphatic carbocycles. The first-order chi connectivity index (χ1) is 12.5. The Morgan fingerprint density at radius 2 is 2.15 bits per heavy atom. The Kier molecular flexibility index (Phi) is 5.97. The summed E-state index contributed by atoms with van der Waals surface area (Å²) >= 11 is 7.38. The van der Waals surface area contributed by atoms with Crippen LogP contribution in [0.3, 0.4) is 0 Å². The molecule has 2 aliphatic heterocycles. The molecule has 0 N–H and O–H groups in total. The summed E-state index contributed by atoms with van der Waals surface area (Å²) in [7, 11) is 1.52. The number of rotatable bonds is 5. The lowest BCUT2D eigenvalue weighted by Gasteiger charge is -2.39. The largest absolute Gasteiger partial charge is 0.493 e. The van der Waals surface area contributed by atoms with Crippen molar-refractivity contribution in [1.82, 2.24) is 9.80 Å². The van der Waals surface area contributed by atoms with Gasteiger partial charge in [0.1, 0.15) is 10.9 Å². The molecule has 1 aromatic heterocycles. The number of hydrogen-bond acceptors (Lipinski definition) is 5. The van der Waals surface area contributed by atoms with Gasteiger partial charge in [0.15, 0.2) is 5.75 Å². The predicted octanol–water partition coefficient (Wildman–Crippen LogP) is 3.88. The van der Waals surface area contributed by atoms with Crippen molar-refractivity contribution >= 4 is 34.9 Å². The Labute approximate surface area is 163 Å². The lowest BCUT2D eigenvalue weighted by atomic mass is 9.95. The van der Waals surface area contributed by atoms with Gasteiger partial charge in [-0.15, -0.1) is 11.3 Å². The Morgan fingerprint density at radius 3 is 2.77 bits per heavy atom. The first-order valence-electron chi connectivity index (χ1n) is 9.03. The van der Waals surface area contributed by atoms with Gasteiger partial charge in [0, 0.05) is 24.5 Å². The van der Waals surface area contributed by atoms with E-state index >= 15 is 0 Å². The molecule has 3 rings (SSSR count). The van der Waals surface area contributed by atoms with E-state index in [0.717, 1.165) is 19.3 Å². The summed E-state index contributed by atoms with van der Waals surface area (Å²) in [6.45, 7) is 5.98. The number of amides is 2. The molecule has 0 bridgehead atoms. The zero-order valence-corrected chi connectivity index (χ0v) is 16.9. The van der Waals surface area contributed by atoms with Gasteiger partial charge in [-0.2, -0.15) is 0 Å². The van der Waals surface area contributed by atoms with Crippen LogP contribution >= 0.6 is 22.9 Å². The summed E-state index contributed by atoms with van der Waals surface area (Å²) < 4.78 is 11.1. The highest BCUT2D eigenvalue weighted by Crippen LogP contribution is 2.36. The Bertz CT molecular complexity index is 672. The highest BCUT2D eigenvalue weighted by atomic mass is 35.5. The maximum atomic E-state index is 12.8. The number of ether oxygens (including phenoxy) is 2. The van der Waals surface area contributed by atoms with Crippen LogP contribution in [0.15, 0.2) is 5.38 Å². The van der Waals surface area contributed by atoms with E-state index in [1.165, 1.54) is 18.4 Å². The molecule has 3 heterocycles. The monoisotopic (exact) mass is 400 g/mol. The molecule has 2 saturated heterocycles. The number of likely N-dealkylation sites (tertiary alicyclic amines) is 1. The van der Waals surface area contributed by atoms with E-state index in [-0.39, 0.29) is 24.1 Å². The van der Waals surface area contributed by atoms with Crippen molar-refractivity contribution < 1.29 is 19.1 Å². The van der Waals surface area contributed by atoms with E-state index in [1.807, 2.05) is 9.80 Å². The Morgan fingerprint density at radius 1 is 1.46 bits per heavy atom. The van der Waals surface area contributed by atoms with Crippen molar-refractivity contribution in [1.29, 1.82) is 0 Å². The number of carbonyl (C=O) groups excluding carboxylic acids is 2. The third-order valence-electron chi connectivity index (χ3n) is 5.53. The fourth-order valence-electron chi connectivity index (χ4n) is 3.76. The first-order valence-corrected chi connectivity index (χ1v) is 10.3. The second-order valence-corrected chi connectivity index (χ2v) is 8.40. The van der Waals surface area contributed by atoms with Crippen LogP contribution in [0.25, 0.3) is 0 Å². The number of thiophene rings is 1. The summed E-state index contributed by atoms with van der Waals surface area (Å²) in [5.41, 5.74) is 0.513. The Balaban J connectivity index is 1.65. The fraction of sp³-hybridized carbons (Fsp3) is 0.667. The summed E-state index contributed by atoms with van der Waals surface area (Å²) in [5, 5.41) is 1.74. The minimum atomic E-state index is -0.216. The first kappa shape index (κ1) is 19.3. The van der Waals surface area contributed by atoms with Gasteiger partial charge >= 0.3 is 6.09 Å². The maximum absolute atomic E-state index is 12.8. The van der Waals surface area contributed by atoms with Crippen molar-refractivity contribution in [2.24, 2.45) is 5.92 Å². The number of methoxy groups -OCH3 is 1. The fourth-order valence-corrected chi connectivity index (χ4v) is 4.80. The van der Waals surface area contributed by atoms with Gasteiger partial charge in [-0.05, 0) is 18.8 Å². The van der Waals surface area contributed by atoms with Crippen LogP contribution in [0, 0.1) is 5.92 Å². The van der Waals surface area contributed by atoms with E-state index in [9.17, 15) is 9.59 Å². The van der Waals surface area contributed by atoms with Gasteiger partial charge < -0.3 is 14.4 Å². The van der Waals surface area contributed by atoms with Crippen LogP contribution in [-0.4, -0.2) is 60.7 Å². The Hall–Kier alpha value is -1.47. The lowest BCUT2D eigenvalue weighted by Crippen LogP contribution is -2.51. The number of carbonyl (C=O) groups is 2. The summed E-state index contributed by atoms with van der Waals surface area (Å²) in [4.78, 5) is 28.7. The second kappa shape index (κ2) is 8.05. The molecule has 1 aromatic rings. The van der Waals surface area contributed by atoms with Crippen molar-refractivity contribution in [2.45, 2.75) is 45.2 Å². The third-order valence-corrected chi connectivity index (χ3v) is 6.71. The molecule has 144 valence electrons. The number of cyclic esters (lactones) is 1. The van der Waals surface area contributed by atoms with Crippen molar-refractivity contribution in [3.63, 3.8) is 0 Å². The number of halogens is 1. The summed E-state index contributed by atoms with van der Waals surface area (Å²) in [5.74, 6) is 0.785. The molecule has 0 spiro atoms. The molecule has 2 atom stereocenters. The average molecular weight is 401 g/mol. The van der Waals surface area contributed by atoms with Crippen LogP contribution in [0.5, 0.6) is 5.75 Å². The van der Waals surface area contributed by atoms with Crippen LogP contribution in [0.4, 0.5) is 4.79 Å². The smallest absolute Gasteiger partial charge is 0.410 e. The van der Waals surface area contributed by atoms with Crippen molar-refractivity contribution in [2.75, 3.05) is 26.8 Å². The quantitative estimate of drug-likeness (QED) is 0.752. The molecule has 2 unspecified atom stereocenters. The average Bonchev–Trinajstić information content (AvgIpc) is 3.23. The van der Waals surface area contributed by atoms with Gasteiger partial charge in [-0.25, -0.2) is 4.79 Å². The number of hydrogen-bond donors (Lipinski definition) is 0. The molecule has 2 aliphatic rings. The van der Waals surface area contributed by atoms with Gasteiger partial charge in [-0.3, -0.25) is 9.69 Å². The molecule has 6 nitrogen and oxygen atoms in total. The molecule has 0 aromatic carbocycles. The van der Waals surface area contributed by atoms with Crippen LogP contribution < -0.4 is 4.74 Å². The van der Waals surface area contributed by atoms with Gasteiger partial charge in [0.2, 0.25) is 0 Å². The highest BCUT2D eigenvalue weighted by Gasteiger charge is 2.41. The molecule has 0 radical (unpaired) electrons. The molecule has 26 heavy (non-hydrogen) atoms. The molecular weight excluding hydrogens is 376 g/mol. The second-order valence-electron chi connectivity index (χ2n) is 6.92. The molecular formula is C18H25ClN2O4S. The number of piperidine rings is 1. The van der Waals surface area contributed by atoms with E-state index in [4.69, 9.17) is 21.1 Å². The zero-order chi connectivity index (χ0) is 18.8. The molecule has 8 heteroatoms. The molecule has 2 fully saturated rings. The minimum absolute atomic E-state index is 0.0640. The summed E-state index contributed by atoms with van der Waals surface area (Å²) in [6, 6.07) is 0.261. The van der Waals surface area contributed by atoms with Crippen LogP contribution in [-0.2, 0) is 4.74 Å². The number of nitrogens with zero attached hydrogens (tertiary/aromatic N) is 2. The van der Waals surface area contributed by atoms with Gasteiger partial charge in [0.05, 0.1) is 18.7 Å². The van der Waals surface area contributed by atoms with Crippen LogP contribution in [0.1, 0.15) is 43.5 Å². The van der Waals surface area contributed by atoms with E-state index in [1.54, 1.807) is 5.38 Å². The highest BCUT2D eigenvalue weighted by molar-refractivity contribution is 7.15. The normalized spacial score (nSPS) is 22.5. The van der Waals surface area contributed by atoms with E-state index < -0.39 is 0 Å². The zero-order valence-electron chi connectivity index (χ0n) is 15.4. The topological polar surface area (TPSA) is 59.1 Å².